The number of carbonyl (C=O) groups excluding carboxylic acids is 1. The van der Waals surface area contributed by atoms with Gasteiger partial charge in [-0.25, -0.2) is 14.1 Å². The number of hydrogen-bond acceptors (Lipinski definition) is 4. The molecule has 3 rings (SSSR count). The second-order valence-corrected chi connectivity index (χ2v) is 5.85. The van der Waals surface area contributed by atoms with Gasteiger partial charge in [0.1, 0.15) is 24.8 Å². The van der Waals surface area contributed by atoms with Gasteiger partial charge >= 0.3 is 0 Å². The normalized spacial score (nSPS) is 10.7. The van der Waals surface area contributed by atoms with Crippen LogP contribution in [-0.4, -0.2) is 25.1 Å². The molecule has 0 fully saturated rings. The van der Waals surface area contributed by atoms with Crippen LogP contribution >= 0.6 is 0 Å². The lowest BCUT2D eigenvalue weighted by molar-refractivity contribution is 0.0967. The molecule has 7 heteroatoms. The van der Waals surface area contributed by atoms with Crippen molar-refractivity contribution in [3.8, 4) is 11.8 Å². The van der Waals surface area contributed by atoms with Crippen LogP contribution in [0.15, 0.2) is 30.6 Å². The molecule has 3 aromatic rings. The third kappa shape index (κ3) is 3.06. The van der Waals surface area contributed by atoms with Gasteiger partial charge in [0.25, 0.3) is 5.82 Å². The number of Topliss-reactive ketones (excluding diaryl/α,β-unsaturated/α-hetero) is 1. The smallest absolute Gasteiger partial charge is 0.252 e. The Morgan fingerprint density at radius 2 is 2.04 bits per heavy atom. The molecule has 0 bridgehead atoms. The second-order valence-electron chi connectivity index (χ2n) is 5.85. The summed E-state index contributed by atoms with van der Waals surface area (Å²) in [5, 5.41) is 12.6. The number of aryl methyl sites for hydroxylation is 2. The molecule has 0 aliphatic heterocycles. The van der Waals surface area contributed by atoms with E-state index in [4.69, 9.17) is 5.26 Å². The Balaban J connectivity index is 1.94. The largest absolute Gasteiger partial charge is 0.318 e. The van der Waals surface area contributed by atoms with Crippen molar-refractivity contribution in [3.05, 3.63) is 64.7 Å². The van der Waals surface area contributed by atoms with Crippen LogP contribution in [0.1, 0.15) is 33.1 Å². The van der Waals surface area contributed by atoms with Gasteiger partial charge in [0, 0.05) is 22.6 Å². The number of aromatic nitrogens is 4. The molecule has 2 aromatic heterocycles. The number of hydrogen-bond donors (Lipinski definition) is 0. The molecule has 25 heavy (non-hydrogen) atoms. The highest BCUT2D eigenvalue weighted by atomic mass is 19.1. The molecular weight excluding hydrogens is 321 g/mol. The average Bonchev–Trinajstić information content (AvgIpc) is 3.14. The first kappa shape index (κ1) is 16.6. The molecule has 0 amide bonds. The predicted molar refractivity (Wildman–Crippen MR) is 89.0 cm³/mol. The summed E-state index contributed by atoms with van der Waals surface area (Å²) in [6.45, 7) is 5.38. The summed E-state index contributed by atoms with van der Waals surface area (Å²) in [5.41, 5.74) is 3.34. The van der Waals surface area contributed by atoms with E-state index in [0.29, 0.717) is 16.8 Å². The van der Waals surface area contributed by atoms with Crippen molar-refractivity contribution < 1.29 is 9.18 Å². The SMILES string of the molecule is Cc1ccc(-n2c(C)cc(C(=O)Cn3cnc(C#N)n3)c2C)cc1F. The van der Waals surface area contributed by atoms with E-state index < -0.39 is 0 Å². The highest BCUT2D eigenvalue weighted by Gasteiger charge is 2.18. The van der Waals surface area contributed by atoms with Gasteiger partial charge in [-0.2, -0.15) is 5.26 Å². The summed E-state index contributed by atoms with van der Waals surface area (Å²) in [6.07, 6.45) is 1.35. The Morgan fingerprint density at radius 1 is 1.28 bits per heavy atom. The third-order valence-electron chi connectivity index (χ3n) is 4.09. The van der Waals surface area contributed by atoms with E-state index in [2.05, 4.69) is 10.1 Å². The lowest BCUT2D eigenvalue weighted by Gasteiger charge is -2.11. The Labute approximate surface area is 144 Å². The van der Waals surface area contributed by atoms with Crippen LogP contribution in [0, 0.1) is 37.9 Å². The molecule has 0 unspecified atom stereocenters. The molecule has 6 nitrogen and oxygen atoms in total. The van der Waals surface area contributed by atoms with Crippen LogP contribution in [0.4, 0.5) is 4.39 Å². The lowest BCUT2D eigenvalue weighted by atomic mass is 10.1. The second kappa shape index (κ2) is 6.32. The van der Waals surface area contributed by atoms with Gasteiger partial charge in [0.05, 0.1) is 0 Å². The first-order valence-corrected chi connectivity index (χ1v) is 7.69. The van der Waals surface area contributed by atoms with E-state index in [1.807, 2.05) is 30.6 Å². The molecule has 0 aliphatic carbocycles. The van der Waals surface area contributed by atoms with Crippen molar-refractivity contribution in [2.24, 2.45) is 0 Å². The Kier molecular flexibility index (Phi) is 4.19. The van der Waals surface area contributed by atoms with Gasteiger partial charge in [-0.05, 0) is 44.5 Å². The van der Waals surface area contributed by atoms with Crippen LogP contribution in [0.5, 0.6) is 0 Å². The molecule has 0 radical (unpaired) electrons. The van der Waals surface area contributed by atoms with Crippen molar-refractivity contribution in [2.75, 3.05) is 0 Å². The van der Waals surface area contributed by atoms with E-state index in [-0.39, 0.29) is 24.0 Å². The van der Waals surface area contributed by atoms with Gasteiger partial charge in [0.2, 0.25) is 0 Å². The molecule has 126 valence electrons. The number of carbonyl (C=O) groups is 1. The van der Waals surface area contributed by atoms with E-state index in [9.17, 15) is 9.18 Å². The monoisotopic (exact) mass is 337 g/mol. The fourth-order valence-electron chi connectivity index (χ4n) is 2.82. The van der Waals surface area contributed by atoms with Gasteiger partial charge in [0.15, 0.2) is 5.78 Å². The van der Waals surface area contributed by atoms with Crippen LogP contribution in [0.2, 0.25) is 0 Å². The number of nitriles is 1. The molecule has 0 atom stereocenters. The van der Waals surface area contributed by atoms with E-state index in [0.717, 1.165) is 11.4 Å². The zero-order valence-corrected chi connectivity index (χ0v) is 14.1. The molecule has 0 saturated heterocycles. The lowest BCUT2D eigenvalue weighted by Crippen LogP contribution is -2.12. The molecule has 0 saturated carbocycles. The predicted octanol–water partition coefficient (Wildman–Crippen LogP) is 2.89. The molecule has 1 aromatic carbocycles. The van der Waals surface area contributed by atoms with Gasteiger partial charge < -0.3 is 4.57 Å². The Morgan fingerprint density at radius 3 is 2.68 bits per heavy atom. The first-order valence-electron chi connectivity index (χ1n) is 7.69. The maximum Gasteiger partial charge on any atom is 0.252 e. The van der Waals surface area contributed by atoms with E-state index >= 15 is 0 Å². The van der Waals surface area contributed by atoms with Crippen molar-refractivity contribution in [1.82, 2.24) is 19.3 Å². The number of halogens is 1. The molecule has 2 heterocycles. The third-order valence-corrected chi connectivity index (χ3v) is 4.09. The molecule has 0 aliphatic rings. The van der Waals surface area contributed by atoms with Crippen molar-refractivity contribution >= 4 is 5.78 Å². The summed E-state index contributed by atoms with van der Waals surface area (Å²) in [4.78, 5) is 16.4. The maximum absolute atomic E-state index is 13.9. The fraction of sp³-hybridized carbons (Fsp3) is 0.222. The molecule has 0 spiro atoms. The number of benzene rings is 1. The minimum Gasteiger partial charge on any atom is -0.318 e. The minimum absolute atomic E-state index is 0.0127. The van der Waals surface area contributed by atoms with Gasteiger partial charge in [-0.3, -0.25) is 4.79 Å². The fourth-order valence-corrected chi connectivity index (χ4v) is 2.82. The van der Waals surface area contributed by atoms with Crippen molar-refractivity contribution in [2.45, 2.75) is 27.3 Å². The molecule has 0 N–H and O–H groups in total. The summed E-state index contributed by atoms with van der Waals surface area (Å²) in [6, 6.07) is 8.59. The topological polar surface area (TPSA) is 76.5 Å². The summed E-state index contributed by atoms with van der Waals surface area (Å²) in [7, 11) is 0. The highest BCUT2D eigenvalue weighted by Crippen LogP contribution is 2.23. The number of rotatable bonds is 4. The number of ketones is 1. The summed E-state index contributed by atoms with van der Waals surface area (Å²) >= 11 is 0. The first-order chi connectivity index (χ1) is 11.9. The van der Waals surface area contributed by atoms with E-state index in [1.54, 1.807) is 19.1 Å². The zero-order chi connectivity index (χ0) is 18.1. The Bertz CT molecular complexity index is 1010. The maximum atomic E-state index is 13.9. The van der Waals surface area contributed by atoms with Crippen LogP contribution in [-0.2, 0) is 6.54 Å². The molecular formula is C18H16FN5O. The standard InChI is InChI=1S/C18H16FN5O/c1-11-4-5-14(7-16(11)19)24-12(2)6-15(13(24)3)17(25)9-23-10-21-18(8-20)22-23/h4-7,10H,9H2,1-3H3. The van der Waals surface area contributed by atoms with Crippen LogP contribution in [0.3, 0.4) is 0 Å². The Hall–Kier alpha value is -3.27. The van der Waals surface area contributed by atoms with Crippen LogP contribution < -0.4 is 0 Å². The highest BCUT2D eigenvalue weighted by molar-refractivity contribution is 5.97. The van der Waals surface area contributed by atoms with Crippen molar-refractivity contribution in [3.63, 3.8) is 0 Å². The van der Waals surface area contributed by atoms with E-state index in [1.165, 1.54) is 17.1 Å². The quantitative estimate of drug-likeness (QED) is 0.686. The number of nitrogens with zero attached hydrogens (tertiary/aromatic N) is 5. The van der Waals surface area contributed by atoms with Crippen molar-refractivity contribution in [1.29, 1.82) is 5.26 Å². The van der Waals surface area contributed by atoms with Gasteiger partial charge in [-0.15, -0.1) is 5.10 Å². The van der Waals surface area contributed by atoms with Crippen LogP contribution in [0.25, 0.3) is 5.69 Å². The zero-order valence-electron chi connectivity index (χ0n) is 14.1. The van der Waals surface area contributed by atoms with Gasteiger partial charge in [-0.1, -0.05) is 6.07 Å². The average molecular weight is 337 g/mol. The minimum atomic E-state index is -0.287. The summed E-state index contributed by atoms with van der Waals surface area (Å²) in [5.74, 6) is -0.417. The summed E-state index contributed by atoms with van der Waals surface area (Å²) < 4.78 is 17.1.